The maximum atomic E-state index is 11.2. The van der Waals surface area contributed by atoms with E-state index in [2.05, 4.69) is 19.6 Å². The zero-order valence-electron chi connectivity index (χ0n) is 15.1. The Morgan fingerprint density at radius 3 is 1.32 bits per heavy atom. The van der Waals surface area contributed by atoms with Gasteiger partial charge in [-0.3, -0.25) is 0 Å². The molecule has 0 aliphatic carbocycles. The third kappa shape index (κ3) is 21.5. The van der Waals surface area contributed by atoms with Crippen LogP contribution in [0.15, 0.2) is 0 Å². The molecule has 0 radical (unpaired) electrons. The van der Waals surface area contributed by atoms with Crippen molar-refractivity contribution in [1.29, 1.82) is 0 Å². The van der Waals surface area contributed by atoms with E-state index in [1.807, 2.05) is 0 Å². The molecule has 0 aliphatic heterocycles. The van der Waals surface area contributed by atoms with Crippen molar-refractivity contribution in [3.05, 3.63) is 4.91 Å². The van der Waals surface area contributed by atoms with Gasteiger partial charge in [-0.15, -0.1) is 0 Å². The van der Waals surface area contributed by atoms with Crippen LogP contribution in [0.4, 0.5) is 0 Å². The Labute approximate surface area is 137 Å². The predicted molar refractivity (Wildman–Crippen MR) is 92.4 cm³/mol. The van der Waals surface area contributed by atoms with Gasteiger partial charge in [0, 0.05) is 0 Å². The summed E-state index contributed by atoms with van der Waals surface area (Å²) in [6.07, 6.45) is 14.3. The van der Waals surface area contributed by atoms with Gasteiger partial charge in [0.2, 0.25) is 0 Å². The van der Waals surface area contributed by atoms with Crippen molar-refractivity contribution in [2.24, 2.45) is 5.73 Å². The van der Waals surface area contributed by atoms with E-state index in [0.29, 0.717) is 13.2 Å². The molecule has 5 heteroatoms. The van der Waals surface area contributed by atoms with Crippen molar-refractivity contribution < 1.29 is 14.8 Å². The van der Waals surface area contributed by atoms with Gasteiger partial charge in [0.25, 0.3) is 0 Å². The Bertz CT molecular complexity index is 194. The van der Waals surface area contributed by atoms with Gasteiger partial charge >= 0.3 is 5.09 Å². The van der Waals surface area contributed by atoms with Crippen molar-refractivity contribution in [3.63, 3.8) is 0 Å². The molecule has 0 saturated carbocycles. The van der Waals surface area contributed by atoms with Crippen LogP contribution < -0.4 is 5.73 Å². The average Bonchev–Trinajstić information content (AvgIpc) is 2.55. The van der Waals surface area contributed by atoms with E-state index in [1.165, 1.54) is 58.4 Å². The maximum absolute atomic E-state index is 11.2. The molecule has 5 nitrogen and oxygen atoms in total. The van der Waals surface area contributed by atoms with E-state index in [9.17, 15) is 4.91 Å². The molecule has 0 saturated heterocycles. The van der Waals surface area contributed by atoms with Gasteiger partial charge in [0.15, 0.2) is 13.2 Å². The van der Waals surface area contributed by atoms with Crippen molar-refractivity contribution in [2.75, 3.05) is 20.3 Å². The zero-order chi connectivity index (χ0) is 16.9. The molecule has 0 aromatic carbocycles. The highest BCUT2D eigenvalue weighted by atomic mass is 17.0. The number of hydrogen-bond donors (Lipinski definition) is 1. The zero-order valence-corrected chi connectivity index (χ0v) is 15.1. The smallest absolute Gasteiger partial charge is 0.333 e. The summed E-state index contributed by atoms with van der Waals surface area (Å²) in [4.78, 5) is 21.1. The van der Waals surface area contributed by atoms with Gasteiger partial charge in [-0.2, -0.15) is 9.68 Å². The van der Waals surface area contributed by atoms with Crippen LogP contribution in [-0.2, 0) is 9.68 Å². The van der Waals surface area contributed by atoms with Crippen molar-refractivity contribution >= 4 is 0 Å². The molecule has 0 bridgehead atoms. The molecule has 0 aliphatic rings. The molecule has 22 heavy (non-hydrogen) atoms. The minimum Gasteiger partial charge on any atom is -0.333 e. The summed E-state index contributed by atoms with van der Waals surface area (Å²) in [6.45, 7) is 5.34. The van der Waals surface area contributed by atoms with Gasteiger partial charge in [-0.05, 0) is 32.7 Å². The molecule has 0 rings (SSSR count). The molecular formula is C17H39N2O3+. The topological polar surface area (TPSA) is 64.6 Å². The molecular weight excluding hydrogens is 280 g/mol. The molecule has 0 fully saturated rings. The quantitative estimate of drug-likeness (QED) is 0.324. The largest absolute Gasteiger partial charge is 0.477 e. The molecule has 0 spiro atoms. The monoisotopic (exact) mass is 319 g/mol. The Kier molecular flexibility index (Phi) is 23.9. The third-order valence-electron chi connectivity index (χ3n) is 3.39. The van der Waals surface area contributed by atoms with Gasteiger partial charge in [0.05, 0.1) is 0 Å². The molecule has 0 unspecified atom stereocenters. The number of rotatable bonds is 16. The highest BCUT2D eigenvalue weighted by Gasteiger charge is 2.10. The lowest BCUT2D eigenvalue weighted by Gasteiger charge is -1.99. The fraction of sp³-hybridized carbons (Fsp3) is 1.00. The normalized spacial score (nSPS) is 9.82. The van der Waals surface area contributed by atoms with E-state index in [1.54, 1.807) is 0 Å². The van der Waals surface area contributed by atoms with Gasteiger partial charge in [-0.25, -0.2) is 0 Å². The summed E-state index contributed by atoms with van der Waals surface area (Å²) in [7, 11) is 1.50. The van der Waals surface area contributed by atoms with E-state index in [4.69, 9.17) is 9.68 Å². The average molecular weight is 320 g/mol. The summed E-state index contributed by atoms with van der Waals surface area (Å²) >= 11 is 0. The Morgan fingerprint density at radius 2 is 0.955 bits per heavy atom. The van der Waals surface area contributed by atoms with Gasteiger partial charge < -0.3 is 5.73 Å². The summed E-state index contributed by atoms with van der Waals surface area (Å²) in [5.41, 5.74) is 4.50. The Hall–Kier alpha value is -0.840. The van der Waals surface area contributed by atoms with Crippen LogP contribution in [0.1, 0.15) is 90.9 Å². The highest BCUT2D eigenvalue weighted by Crippen LogP contribution is 2.06. The predicted octanol–water partition coefficient (Wildman–Crippen LogP) is 4.92. The van der Waals surface area contributed by atoms with E-state index in [-0.39, 0.29) is 5.09 Å². The molecule has 0 amide bonds. The van der Waals surface area contributed by atoms with Crippen molar-refractivity contribution in [3.8, 4) is 0 Å². The standard InChI is InChI=1S/C16H34NO3.CH5N/c1-3-5-7-9-11-13-15-19-17(18)20-16-14-12-10-8-6-4-2;1-2/h3-16H2,1-2H3;2H2,1H3/q+1;. The Morgan fingerprint density at radius 1 is 0.636 bits per heavy atom. The first-order valence-electron chi connectivity index (χ1n) is 9.12. The van der Waals surface area contributed by atoms with Crippen LogP contribution in [0.5, 0.6) is 0 Å². The first-order chi connectivity index (χ1) is 10.8. The fourth-order valence-corrected chi connectivity index (χ4v) is 2.08. The molecule has 2 N–H and O–H groups in total. The summed E-state index contributed by atoms with van der Waals surface area (Å²) in [6, 6.07) is 0. The molecule has 134 valence electrons. The van der Waals surface area contributed by atoms with Crippen LogP contribution in [0, 0.1) is 4.91 Å². The fourth-order valence-electron chi connectivity index (χ4n) is 2.08. The molecule has 0 aromatic rings. The van der Waals surface area contributed by atoms with E-state index < -0.39 is 0 Å². The minimum absolute atomic E-state index is 0.290. The third-order valence-corrected chi connectivity index (χ3v) is 3.39. The number of nitrogens with zero attached hydrogens (tertiary/aromatic N) is 1. The van der Waals surface area contributed by atoms with Gasteiger partial charge in [0.1, 0.15) is 4.91 Å². The van der Waals surface area contributed by atoms with Crippen LogP contribution in [-0.4, -0.2) is 25.3 Å². The molecule has 0 atom stereocenters. The first kappa shape index (κ1) is 23.4. The van der Waals surface area contributed by atoms with Crippen LogP contribution in [0.3, 0.4) is 0 Å². The second kappa shape index (κ2) is 22.4. The first-order valence-corrected chi connectivity index (χ1v) is 9.12. The van der Waals surface area contributed by atoms with E-state index in [0.717, 1.165) is 25.7 Å². The van der Waals surface area contributed by atoms with E-state index >= 15 is 0 Å². The molecule has 0 aromatic heterocycles. The maximum Gasteiger partial charge on any atom is 0.477 e. The summed E-state index contributed by atoms with van der Waals surface area (Å²) in [5, 5.41) is 0.290. The lowest BCUT2D eigenvalue weighted by Crippen LogP contribution is -2.12. The lowest BCUT2D eigenvalue weighted by atomic mass is 10.1. The number of unbranched alkanes of at least 4 members (excludes halogenated alkanes) is 10. The second-order valence-corrected chi connectivity index (χ2v) is 5.43. The minimum atomic E-state index is 0.290. The second-order valence-electron chi connectivity index (χ2n) is 5.43. The highest BCUT2D eigenvalue weighted by molar-refractivity contribution is 4.43. The van der Waals surface area contributed by atoms with Crippen molar-refractivity contribution in [1.82, 2.24) is 0 Å². The van der Waals surface area contributed by atoms with Crippen molar-refractivity contribution in [2.45, 2.75) is 90.9 Å². The number of hydrogen-bond acceptors (Lipinski definition) is 4. The van der Waals surface area contributed by atoms with Crippen LogP contribution in [0.25, 0.3) is 0 Å². The van der Waals surface area contributed by atoms with Gasteiger partial charge in [-0.1, -0.05) is 65.2 Å². The molecule has 0 heterocycles. The summed E-state index contributed by atoms with van der Waals surface area (Å²) < 4.78 is 0. The van der Waals surface area contributed by atoms with Crippen LogP contribution >= 0.6 is 0 Å². The summed E-state index contributed by atoms with van der Waals surface area (Å²) in [5.74, 6) is 0. The number of nitrogens with two attached hydrogens (primary N) is 1. The lowest BCUT2D eigenvalue weighted by molar-refractivity contribution is -0.981. The Balaban J connectivity index is 0. The SMILES string of the molecule is CCCCCCCCO[N+](=O)OCCCCCCCC.CN. The van der Waals surface area contributed by atoms with Crippen LogP contribution in [0.2, 0.25) is 0 Å².